The fraction of sp³-hybridized carbons (Fsp3) is 0.647. The standard InChI is InChI=1S/C15H25N.C2H6/c1-4-5-10-15(3,11-12-16)14-8-6-13(2)7-9-14;1-2/h6-9H,4-5,10-12,16H2,1-3H3;1-2H3. The molecule has 2 N–H and O–H groups in total. The zero-order valence-corrected chi connectivity index (χ0v) is 12.9. The maximum Gasteiger partial charge on any atom is -0.00633 e. The molecule has 0 spiro atoms. The van der Waals surface area contributed by atoms with Crippen molar-refractivity contribution in [1.29, 1.82) is 0 Å². The Morgan fingerprint density at radius 1 is 1.06 bits per heavy atom. The smallest absolute Gasteiger partial charge is 0.00633 e. The first-order valence-electron chi connectivity index (χ1n) is 7.39. The number of benzene rings is 1. The van der Waals surface area contributed by atoms with Crippen LogP contribution in [0, 0.1) is 6.92 Å². The molecular formula is C17H31N. The van der Waals surface area contributed by atoms with Crippen molar-refractivity contribution in [2.24, 2.45) is 5.73 Å². The Morgan fingerprint density at radius 2 is 1.61 bits per heavy atom. The Bertz CT molecular complexity index is 302. The van der Waals surface area contributed by atoms with Gasteiger partial charge in [0, 0.05) is 0 Å². The molecule has 0 radical (unpaired) electrons. The molecule has 0 bridgehead atoms. The average Bonchev–Trinajstić information content (AvgIpc) is 2.40. The summed E-state index contributed by atoms with van der Waals surface area (Å²) in [6.45, 7) is 11.5. The fourth-order valence-electron chi connectivity index (χ4n) is 2.26. The lowest BCUT2D eigenvalue weighted by Crippen LogP contribution is -2.25. The van der Waals surface area contributed by atoms with Gasteiger partial charge in [0.15, 0.2) is 0 Å². The van der Waals surface area contributed by atoms with Crippen molar-refractivity contribution < 1.29 is 0 Å². The molecule has 104 valence electrons. The molecule has 0 aliphatic heterocycles. The molecule has 0 aliphatic carbocycles. The molecule has 0 heterocycles. The third-order valence-corrected chi connectivity index (χ3v) is 3.53. The van der Waals surface area contributed by atoms with E-state index in [4.69, 9.17) is 5.73 Å². The largest absolute Gasteiger partial charge is 0.330 e. The van der Waals surface area contributed by atoms with E-state index in [2.05, 4.69) is 45.0 Å². The highest BCUT2D eigenvalue weighted by Crippen LogP contribution is 2.32. The summed E-state index contributed by atoms with van der Waals surface area (Å²) >= 11 is 0. The van der Waals surface area contributed by atoms with E-state index in [1.807, 2.05) is 13.8 Å². The third kappa shape index (κ3) is 5.22. The molecule has 0 saturated heterocycles. The predicted molar refractivity (Wildman–Crippen MR) is 83.1 cm³/mol. The van der Waals surface area contributed by atoms with E-state index in [0.29, 0.717) is 0 Å². The van der Waals surface area contributed by atoms with Crippen LogP contribution < -0.4 is 5.73 Å². The molecule has 1 aromatic rings. The van der Waals surface area contributed by atoms with Crippen LogP contribution in [-0.2, 0) is 5.41 Å². The van der Waals surface area contributed by atoms with Gasteiger partial charge >= 0.3 is 0 Å². The first kappa shape index (κ1) is 17.2. The van der Waals surface area contributed by atoms with Crippen molar-refractivity contribution in [3.05, 3.63) is 35.4 Å². The van der Waals surface area contributed by atoms with Crippen LogP contribution in [0.3, 0.4) is 0 Å². The highest BCUT2D eigenvalue weighted by molar-refractivity contribution is 5.28. The lowest BCUT2D eigenvalue weighted by molar-refractivity contribution is 0.392. The quantitative estimate of drug-likeness (QED) is 0.768. The molecule has 1 rings (SSSR count). The molecule has 1 aromatic carbocycles. The van der Waals surface area contributed by atoms with Crippen molar-refractivity contribution in [2.45, 2.75) is 65.7 Å². The van der Waals surface area contributed by atoms with Crippen LogP contribution in [0.4, 0.5) is 0 Å². The van der Waals surface area contributed by atoms with Crippen LogP contribution in [0.5, 0.6) is 0 Å². The zero-order chi connectivity index (χ0) is 14.0. The molecule has 18 heavy (non-hydrogen) atoms. The average molecular weight is 249 g/mol. The van der Waals surface area contributed by atoms with Gasteiger partial charge in [-0.2, -0.15) is 0 Å². The van der Waals surface area contributed by atoms with E-state index in [1.54, 1.807) is 0 Å². The Balaban J connectivity index is 0.00000137. The van der Waals surface area contributed by atoms with E-state index < -0.39 is 0 Å². The lowest BCUT2D eigenvalue weighted by atomic mass is 9.75. The number of aryl methyl sites for hydroxylation is 1. The maximum absolute atomic E-state index is 5.75. The van der Waals surface area contributed by atoms with Crippen molar-refractivity contribution in [3.8, 4) is 0 Å². The van der Waals surface area contributed by atoms with Gasteiger partial charge in [-0.1, -0.05) is 70.4 Å². The first-order chi connectivity index (χ1) is 8.62. The summed E-state index contributed by atoms with van der Waals surface area (Å²) in [5.41, 5.74) is 8.79. The minimum absolute atomic E-state index is 0.262. The van der Waals surface area contributed by atoms with Crippen molar-refractivity contribution in [1.82, 2.24) is 0 Å². The highest BCUT2D eigenvalue weighted by Gasteiger charge is 2.24. The molecule has 1 atom stereocenters. The molecular weight excluding hydrogens is 218 g/mol. The minimum atomic E-state index is 0.262. The van der Waals surface area contributed by atoms with Gasteiger partial charge in [0.25, 0.3) is 0 Å². The van der Waals surface area contributed by atoms with Crippen molar-refractivity contribution in [2.75, 3.05) is 6.54 Å². The maximum atomic E-state index is 5.75. The monoisotopic (exact) mass is 249 g/mol. The number of hydrogen-bond donors (Lipinski definition) is 1. The topological polar surface area (TPSA) is 26.0 Å². The SMILES string of the molecule is CC.CCCCC(C)(CCN)c1ccc(C)cc1. The van der Waals surface area contributed by atoms with Gasteiger partial charge < -0.3 is 5.73 Å². The summed E-state index contributed by atoms with van der Waals surface area (Å²) in [7, 11) is 0. The van der Waals surface area contributed by atoms with Gasteiger partial charge in [0.1, 0.15) is 0 Å². The van der Waals surface area contributed by atoms with E-state index in [1.165, 1.54) is 30.4 Å². The molecule has 0 aliphatic rings. The Labute approximate surface area is 114 Å². The fourth-order valence-corrected chi connectivity index (χ4v) is 2.26. The Morgan fingerprint density at radius 3 is 2.06 bits per heavy atom. The van der Waals surface area contributed by atoms with Crippen LogP contribution in [0.15, 0.2) is 24.3 Å². The van der Waals surface area contributed by atoms with E-state index in [0.717, 1.165) is 13.0 Å². The van der Waals surface area contributed by atoms with E-state index in [9.17, 15) is 0 Å². The number of unbranched alkanes of at least 4 members (excludes halogenated alkanes) is 1. The zero-order valence-electron chi connectivity index (χ0n) is 12.9. The van der Waals surface area contributed by atoms with Crippen LogP contribution in [0.1, 0.15) is 64.5 Å². The third-order valence-electron chi connectivity index (χ3n) is 3.53. The van der Waals surface area contributed by atoms with Crippen LogP contribution in [-0.4, -0.2) is 6.54 Å². The molecule has 0 fully saturated rings. The second kappa shape index (κ2) is 9.16. The summed E-state index contributed by atoms with van der Waals surface area (Å²) in [4.78, 5) is 0. The van der Waals surface area contributed by atoms with Crippen LogP contribution in [0.2, 0.25) is 0 Å². The summed E-state index contributed by atoms with van der Waals surface area (Å²) in [6.07, 6.45) is 4.86. The summed E-state index contributed by atoms with van der Waals surface area (Å²) in [6, 6.07) is 8.94. The molecule has 0 aromatic heterocycles. The number of hydrogen-bond acceptors (Lipinski definition) is 1. The normalized spacial score (nSPS) is 13.4. The van der Waals surface area contributed by atoms with Gasteiger partial charge in [-0.05, 0) is 37.3 Å². The van der Waals surface area contributed by atoms with Crippen LogP contribution >= 0.6 is 0 Å². The van der Waals surface area contributed by atoms with E-state index >= 15 is 0 Å². The summed E-state index contributed by atoms with van der Waals surface area (Å²) in [5.74, 6) is 0. The predicted octanol–water partition coefficient (Wildman–Crippen LogP) is 4.82. The molecule has 1 unspecified atom stereocenters. The first-order valence-corrected chi connectivity index (χ1v) is 7.39. The number of rotatable bonds is 6. The van der Waals surface area contributed by atoms with Gasteiger partial charge in [-0.3, -0.25) is 0 Å². The van der Waals surface area contributed by atoms with Gasteiger partial charge in [-0.25, -0.2) is 0 Å². The Hall–Kier alpha value is -0.820. The molecule has 1 heteroatoms. The number of nitrogens with two attached hydrogens (primary N) is 1. The van der Waals surface area contributed by atoms with Gasteiger partial charge in [0.2, 0.25) is 0 Å². The Kier molecular flexibility index (Phi) is 8.74. The summed E-state index contributed by atoms with van der Waals surface area (Å²) < 4.78 is 0. The second-order valence-electron chi connectivity index (χ2n) is 5.07. The van der Waals surface area contributed by atoms with Crippen molar-refractivity contribution in [3.63, 3.8) is 0 Å². The van der Waals surface area contributed by atoms with Gasteiger partial charge in [0.05, 0.1) is 0 Å². The van der Waals surface area contributed by atoms with Crippen molar-refractivity contribution >= 4 is 0 Å². The van der Waals surface area contributed by atoms with Gasteiger partial charge in [-0.15, -0.1) is 0 Å². The molecule has 0 amide bonds. The summed E-state index contributed by atoms with van der Waals surface area (Å²) in [5, 5.41) is 0. The molecule has 1 nitrogen and oxygen atoms in total. The molecule has 0 saturated carbocycles. The second-order valence-corrected chi connectivity index (χ2v) is 5.07. The highest BCUT2D eigenvalue weighted by atomic mass is 14.5. The lowest BCUT2D eigenvalue weighted by Gasteiger charge is -2.30. The van der Waals surface area contributed by atoms with Crippen LogP contribution in [0.25, 0.3) is 0 Å². The van der Waals surface area contributed by atoms with E-state index in [-0.39, 0.29) is 5.41 Å². The minimum Gasteiger partial charge on any atom is -0.330 e.